The summed E-state index contributed by atoms with van der Waals surface area (Å²) in [5, 5.41) is 2.85. The Morgan fingerprint density at radius 3 is 2.39 bits per heavy atom. The quantitative estimate of drug-likeness (QED) is 0.492. The van der Waals surface area contributed by atoms with Gasteiger partial charge in [0.1, 0.15) is 12.6 Å². The van der Waals surface area contributed by atoms with E-state index in [1.807, 2.05) is 31.1 Å². The summed E-state index contributed by atoms with van der Waals surface area (Å²) >= 11 is 0. The van der Waals surface area contributed by atoms with E-state index in [1.165, 1.54) is 9.80 Å². The van der Waals surface area contributed by atoms with Gasteiger partial charge >= 0.3 is 0 Å². The lowest BCUT2D eigenvalue weighted by Gasteiger charge is -2.30. The molecule has 0 spiro atoms. The van der Waals surface area contributed by atoms with Crippen molar-refractivity contribution in [3.05, 3.63) is 84.2 Å². The van der Waals surface area contributed by atoms with Crippen molar-refractivity contribution in [3.63, 3.8) is 0 Å². The van der Waals surface area contributed by atoms with Crippen molar-refractivity contribution in [2.45, 2.75) is 19.5 Å². The van der Waals surface area contributed by atoms with Gasteiger partial charge in [0, 0.05) is 44.4 Å². The van der Waals surface area contributed by atoms with Crippen molar-refractivity contribution in [2.24, 2.45) is 0 Å². The van der Waals surface area contributed by atoms with Crippen LogP contribution in [0, 0.1) is 0 Å². The average Bonchev–Trinajstić information content (AvgIpc) is 3.12. The highest BCUT2D eigenvalue weighted by Gasteiger charge is 2.38. The SMILES string of the molecule is CC(C(=O)Nc1ccc(N(C)C)cc1)N(Cc1cccnc1)C(=O)CN1C(=O)C(=O)c2ccccc21. The minimum Gasteiger partial charge on any atom is -0.378 e. The third-order valence-electron chi connectivity index (χ3n) is 6.07. The second-order valence-corrected chi connectivity index (χ2v) is 8.73. The Balaban J connectivity index is 1.55. The number of benzene rings is 2. The van der Waals surface area contributed by atoms with Gasteiger partial charge < -0.3 is 15.1 Å². The van der Waals surface area contributed by atoms with Crippen LogP contribution in [0.15, 0.2) is 73.1 Å². The van der Waals surface area contributed by atoms with Gasteiger partial charge in [-0.15, -0.1) is 0 Å². The first-order chi connectivity index (χ1) is 17.3. The molecule has 1 atom stereocenters. The van der Waals surface area contributed by atoms with Crippen LogP contribution in [0.4, 0.5) is 17.1 Å². The Bertz CT molecular complexity index is 1290. The molecule has 0 fully saturated rings. The summed E-state index contributed by atoms with van der Waals surface area (Å²) in [4.78, 5) is 60.2. The first-order valence-corrected chi connectivity index (χ1v) is 11.5. The topological polar surface area (TPSA) is 103 Å². The van der Waals surface area contributed by atoms with Crippen LogP contribution in [-0.2, 0) is 20.9 Å². The predicted molar refractivity (Wildman–Crippen MR) is 137 cm³/mol. The molecule has 9 heteroatoms. The number of nitrogens with one attached hydrogen (secondary N) is 1. The van der Waals surface area contributed by atoms with E-state index in [0.29, 0.717) is 11.4 Å². The molecule has 184 valence electrons. The molecule has 9 nitrogen and oxygen atoms in total. The smallest absolute Gasteiger partial charge is 0.299 e. The molecule has 2 aromatic carbocycles. The van der Waals surface area contributed by atoms with Gasteiger partial charge in [-0.2, -0.15) is 0 Å². The summed E-state index contributed by atoms with van der Waals surface area (Å²) in [6.45, 7) is 1.37. The molecule has 1 aliphatic rings. The summed E-state index contributed by atoms with van der Waals surface area (Å²) in [5.41, 5.74) is 2.96. The number of ketones is 1. The molecule has 3 amide bonds. The summed E-state index contributed by atoms with van der Waals surface area (Å²) < 4.78 is 0. The van der Waals surface area contributed by atoms with Crippen molar-refractivity contribution < 1.29 is 19.2 Å². The molecule has 0 aliphatic carbocycles. The maximum absolute atomic E-state index is 13.5. The lowest BCUT2D eigenvalue weighted by Crippen LogP contribution is -2.49. The van der Waals surface area contributed by atoms with E-state index >= 15 is 0 Å². The zero-order valence-electron chi connectivity index (χ0n) is 20.3. The number of fused-ring (bicyclic) bond motifs is 1. The number of anilines is 3. The van der Waals surface area contributed by atoms with Crippen LogP contribution in [0.5, 0.6) is 0 Å². The maximum Gasteiger partial charge on any atom is 0.299 e. The van der Waals surface area contributed by atoms with Gasteiger partial charge in [-0.1, -0.05) is 18.2 Å². The summed E-state index contributed by atoms with van der Waals surface area (Å²) in [7, 11) is 3.85. The summed E-state index contributed by atoms with van der Waals surface area (Å²) in [6.07, 6.45) is 3.24. The van der Waals surface area contributed by atoms with Gasteiger partial charge in [-0.05, 0) is 55.0 Å². The van der Waals surface area contributed by atoms with E-state index in [-0.39, 0.29) is 24.6 Å². The molecule has 1 aromatic heterocycles. The fraction of sp³-hybridized carbons (Fsp3) is 0.222. The second kappa shape index (κ2) is 10.4. The fourth-order valence-corrected chi connectivity index (χ4v) is 3.99. The van der Waals surface area contributed by atoms with E-state index in [1.54, 1.807) is 67.8 Å². The monoisotopic (exact) mass is 485 g/mol. The lowest BCUT2D eigenvalue weighted by molar-refractivity contribution is -0.138. The Kier molecular flexibility index (Phi) is 7.10. The van der Waals surface area contributed by atoms with Crippen LogP contribution < -0.4 is 15.1 Å². The average molecular weight is 486 g/mol. The van der Waals surface area contributed by atoms with Crippen molar-refractivity contribution >= 4 is 40.6 Å². The number of Topliss-reactive ketones (excluding diaryl/α,β-unsaturated/α-hetero) is 1. The van der Waals surface area contributed by atoms with Crippen LogP contribution in [0.1, 0.15) is 22.8 Å². The zero-order chi connectivity index (χ0) is 25.8. The van der Waals surface area contributed by atoms with E-state index in [0.717, 1.165) is 11.3 Å². The van der Waals surface area contributed by atoms with Crippen LogP contribution in [0.2, 0.25) is 0 Å². The first kappa shape index (κ1) is 24.6. The Labute approximate surface area is 209 Å². The zero-order valence-corrected chi connectivity index (χ0v) is 20.3. The van der Waals surface area contributed by atoms with E-state index in [4.69, 9.17) is 0 Å². The van der Waals surface area contributed by atoms with Gasteiger partial charge in [-0.25, -0.2) is 0 Å². The number of rotatable bonds is 8. The van der Waals surface area contributed by atoms with E-state index < -0.39 is 23.6 Å². The van der Waals surface area contributed by atoms with Crippen molar-refractivity contribution in [1.29, 1.82) is 0 Å². The minimum absolute atomic E-state index is 0.110. The largest absolute Gasteiger partial charge is 0.378 e. The molecular formula is C27H27N5O4. The first-order valence-electron chi connectivity index (χ1n) is 11.5. The van der Waals surface area contributed by atoms with Crippen LogP contribution >= 0.6 is 0 Å². The Hall–Kier alpha value is -4.53. The summed E-state index contributed by atoms with van der Waals surface area (Å²) in [5.74, 6) is -2.26. The number of pyridine rings is 1. The van der Waals surface area contributed by atoms with Crippen molar-refractivity contribution in [3.8, 4) is 0 Å². The number of nitrogens with zero attached hydrogens (tertiary/aromatic N) is 4. The molecule has 0 saturated heterocycles. The number of amides is 3. The molecular weight excluding hydrogens is 458 g/mol. The predicted octanol–water partition coefficient (Wildman–Crippen LogP) is 2.73. The number of aromatic nitrogens is 1. The lowest BCUT2D eigenvalue weighted by atomic mass is 10.1. The van der Waals surface area contributed by atoms with Gasteiger partial charge in [-0.3, -0.25) is 29.1 Å². The number of hydrogen-bond acceptors (Lipinski definition) is 6. The molecule has 3 aromatic rings. The van der Waals surface area contributed by atoms with Gasteiger partial charge in [0.05, 0.1) is 11.3 Å². The molecule has 1 unspecified atom stereocenters. The highest BCUT2D eigenvalue weighted by atomic mass is 16.2. The number of carbonyl (C=O) groups excluding carboxylic acids is 4. The summed E-state index contributed by atoms with van der Waals surface area (Å²) in [6, 6.07) is 16.6. The van der Waals surface area contributed by atoms with Gasteiger partial charge in [0.25, 0.3) is 11.7 Å². The van der Waals surface area contributed by atoms with Crippen LogP contribution in [0.3, 0.4) is 0 Å². The highest BCUT2D eigenvalue weighted by molar-refractivity contribution is 6.52. The van der Waals surface area contributed by atoms with E-state index in [9.17, 15) is 19.2 Å². The second-order valence-electron chi connectivity index (χ2n) is 8.73. The number of carbonyl (C=O) groups is 4. The standard InChI is InChI=1S/C27H27N5O4/c1-18(26(35)29-20-10-12-21(13-11-20)30(2)3)31(16-19-7-6-14-28-15-19)24(33)17-32-23-9-5-4-8-22(23)25(34)27(32)36/h4-15,18H,16-17H2,1-3H3,(H,29,35). The number of para-hydroxylation sites is 1. The molecule has 1 N–H and O–H groups in total. The molecule has 0 saturated carbocycles. The van der Waals surface area contributed by atoms with E-state index in [2.05, 4.69) is 10.3 Å². The third-order valence-corrected chi connectivity index (χ3v) is 6.07. The van der Waals surface area contributed by atoms with Gasteiger partial charge in [0.2, 0.25) is 11.8 Å². The fourth-order valence-electron chi connectivity index (χ4n) is 3.99. The number of hydrogen-bond donors (Lipinski definition) is 1. The van der Waals surface area contributed by atoms with Crippen molar-refractivity contribution in [1.82, 2.24) is 9.88 Å². The molecule has 1 aliphatic heterocycles. The highest BCUT2D eigenvalue weighted by Crippen LogP contribution is 2.28. The molecule has 2 heterocycles. The Morgan fingerprint density at radius 2 is 1.72 bits per heavy atom. The molecule has 4 rings (SSSR count). The van der Waals surface area contributed by atoms with Gasteiger partial charge in [0.15, 0.2) is 0 Å². The molecule has 0 radical (unpaired) electrons. The maximum atomic E-state index is 13.5. The Morgan fingerprint density at radius 1 is 1.00 bits per heavy atom. The molecule has 36 heavy (non-hydrogen) atoms. The normalized spacial score (nSPS) is 13.2. The van der Waals surface area contributed by atoms with Crippen LogP contribution in [-0.4, -0.2) is 60.1 Å². The third kappa shape index (κ3) is 5.10. The minimum atomic E-state index is -0.866. The van der Waals surface area contributed by atoms with Crippen molar-refractivity contribution in [2.75, 3.05) is 35.8 Å². The van der Waals surface area contributed by atoms with Crippen LogP contribution in [0.25, 0.3) is 0 Å². The molecule has 0 bridgehead atoms.